The number of aliphatic hydroxyl groups excluding tert-OH is 1. The highest BCUT2D eigenvalue weighted by Crippen LogP contribution is 2.69. The Balaban J connectivity index is 1.38. The highest BCUT2D eigenvalue weighted by atomic mass is 16.5. The van der Waals surface area contributed by atoms with Gasteiger partial charge in [-0.3, -0.25) is 0 Å². The van der Waals surface area contributed by atoms with E-state index in [1.165, 1.54) is 77.2 Å². The molecule has 0 bridgehead atoms. The van der Waals surface area contributed by atoms with Crippen LogP contribution in [0.2, 0.25) is 0 Å². The van der Waals surface area contributed by atoms with Gasteiger partial charge in [-0.2, -0.15) is 0 Å². The van der Waals surface area contributed by atoms with E-state index < -0.39 is 0 Å². The first-order valence-corrected chi connectivity index (χ1v) is 14.8. The zero-order valence-corrected chi connectivity index (χ0v) is 22.5. The van der Waals surface area contributed by atoms with Gasteiger partial charge in [0.05, 0.1) is 6.10 Å². The molecule has 33 heavy (non-hydrogen) atoms. The summed E-state index contributed by atoms with van der Waals surface area (Å²) < 4.78 is 5.40. The minimum atomic E-state index is -0.0818. The molecule has 3 saturated carbocycles. The van der Waals surface area contributed by atoms with Gasteiger partial charge in [-0.15, -0.1) is 0 Å². The number of nitrogens with one attached hydrogen (secondary N) is 1. The highest BCUT2D eigenvalue weighted by Gasteiger charge is 2.66. The first kappa shape index (κ1) is 26.0. The lowest BCUT2D eigenvalue weighted by molar-refractivity contribution is 0.00559. The summed E-state index contributed by atoms with van der Waals surface area (Å²) in [6.07, 6.45) is 15.6. The van der Waals surface area contributed by atoms with Crippen LogP contribution in [0.3, 0.4) is 0 Å². The van der Waals surface area contributed by atoms with Gasteiger partial charge < -0.3 is 15.2 Å². The number of rotatable bonds is 11. The van der Waals surface area contributed by atoms with Crippen LogP contribution in [0, 0.1) is 52.8 Å². The zero-order chi connectivity index (χ0) is 23.6. The van der Waals surface area contributed by atoms with E-state index in [0.717, 1.165) is 48.5 Å². The van der Waals surface area contributed by atoms with E-state index in [4.69, 9.17) is 4.74 Å². The van der Waals surface area contributed by atoms with Crippen LogP contribution in [0.25, 0.3) is 0 Å². The standard InChI is InChI=1S/C30H55NO2/c1-6-8-22(7-2)15-28(32)23-10-9-21(4)26(16-23)29-27-18-30(27)17-24(20(3)13-14-33-5)11-12-25(30)19-31-29/h20-29,31-32H,6-19H2,1-5H3. The lowest BCUT2D eigenvalue weighted by atomic mass is 9.62. The van der Waals surface area contributed by atoms with E-state index in [2.05, 4.69) is 33.0 Å². The van der Waals surface area contributed by atoms with Crippen molar-refractivity contribution in [2.75, 3.05) is 20.3 Å². The molecule has 192 valence electrons. The lowest BCUT2D eigenvalue weighted by Gasteiger charge is -2.48. The van der Waals surface area contributed by atoms with Gasteiger partial charge in [0.25, 0.3) is 0 Å². The molecule has 0 radical (unpaired) electrons. The van der Waals surface area contributed by atoms with Gasteiger partial charge in [-0.05, 0) is 111 Å². The third-order valence-corrected chi connectivity index (χ3v) is 11.3. The molecule has 1 heterocycles. The molecule has 4 aliphatic rings. The lowest BCUT2D eigenvalue weighted by Crippen LogP contribution is -2.53. The highest BCUT2D eigenvalue weighted by molar-refractivity contribution is 5.17. The van der Waals surface area contributed by atoms with Gasteiger partial charge in [0, 0.05) is 19.8 Å². The minimum absolute atomic E-state index is 0.0818. The molecule has 3 aliphatic carbocycles. The van der Waals surface area contributed by atoms with Crippen molar-refractivity contribution in [1.29, 1.82) is 0 Å². The summed E-state index contributed by atoms with van der Waals surface area (Å²) in [7, 11) is 1.85. The van der Waals surface area contributed by atoms with Crippen molar-refractivity contribution < 1.29 is 9.84 Å². The third kappa shape index (κ3) is 5.51. The van der Waals surface area contributed by atoms with E-state index in [0.29, 0.717) is 23.3 Å². The second-order valence-corrected chi connectivity index (χ2v) is 13.1. The molecule has 1 aliphatic heterocycles. The molecule has 11 atom stereocenters. The summed E-state index contributed by atoms with van der Waals surface area (Å²) >= 11 is 0. The van der Waals surface area contributed by atoms with Crippen LogP contribution < -0.4 is 5.32 Å². The SMILES string of the molecule is CCCC(CC)CC(O)C1CCC(C)C(C2NCC3CCC(C(C)CCOC)CC34CC24)C1. The summed E-state index contributed by atoms with van der Waals surface area (Å²) in [4.78, 5) is 0. The molecule has 2 N–H and O–H groups in total. The minimum Gasteiger partial charge on any atom is -0.393 e. The fourth-order valence-corrected chi connectivity index (χ4v) is 8.87. The molecule has 0 aromatic carbocycles. The predicted octanol–water partition coefficient (Wildman–Crippen LogP) is 6.68. The molecule has 4 fully saturated rings. The van der Waals surface area contributed by atoms with Crippen molar-refractivity contribution in [3.05, 3.63) is 0 Å². The van der Waals surface area contributed by atoms with Crippen molar-refractivity contribution in [2.45, 2.75) is 117 Å². The fourth-order valence-electron chi connectivity index (χ4n) is 8.87. The van der Waals surface area contributed by atoms with Crippen molar-refractivity contribution in [3.63, 3.8) is 0 Å². The smallest absolute Gasteiger partial charge is 0.0571 e. The molecule has 0 aromatic heterocycles. The third-order valence-electron chi connectivity index (χ3n) is 11.3. The summed E-state index contributed by atoms with van der Waals surface area (Å²) in [5.41, 5.74) is 0.653. The summed E-state index contributed by atoms with van der Waals surface area (Å²) in [5.74, 6) is 6.34. The van der Waals surface area contributed by atoms with Gasteiger partial charge in [-0.1, -0.05) is 53.4 Å². The largest absolute Gasteiger partial charge is 0.393 e. The Hall–Kier alpha value is -0.120. The Kier molecular flexibility index (Phi) is 8.88. The van der Waals surface area contributed by atoms with Crippen LogP contribution >= 0.6 is 0 Å². The number of piperidine rings is 1. The van der Waals surface area contributed by atoms with E-state index in [1.807, 2.05) is 7.11 Å². The fraction of sp³-hybridized carbons (Fsp3) is 1.00. The Labute approximate surface area is 205 Å². The van der Waals surface area contributed by atoms with Crippen LogP contribution in [0.4, 0.5) is 0 Å². The molecule has 4 rings (SSSR count). The first-order valence-electron chi connectivity index (χ1n) is 14.8. The monoisotopic (exact) mass is 461 g/mol. The zero-order valence-electron chi connectivity index (χ0n) is 22.5. The van der Waals surface area contributed by atoms with Crippen LogP contribution in [0.1, 0.15) is 105 Å². The Morgan fingerprint density at radius 1 is 1.06 bits per heavy atom. The van der Waals surface area contributed by atoms with Gasteiger partial charge in [0.1, 0.15) is 0 Å². The normalized spacial score (nSPS) is 43.3. The quantitative estimate of drug-likeness (QED) is 0.360. The van der Waals surface area contributed by atoms with Gasteiger partial charge in [0.15, 0.2) is 0 Å². The van der Waals surface area contributed by atoms with E-state index in [9.17, 15) is 5.11 Å². The number of methoxy groups -OCH3 is 1. The maximum absolute atomic E-state index is 11.2. The maximum Gasteiger partial charge on any atom is 0.0571 e. The molecule has 0 aromatic rings. The molecular weight excluding hydrogens is 406 g/mol. The van der Waals surface area contributed by atoms with Gasteiger partial charge >= 0.3 is 0 Å². The molecule has 11 unspecified atom stereocenters. The average Bonchev–Trinajstić information content (AvgIpc) is 3.55. The first-order chi connectivity index (χ1) is 15.9. The molecular formula is C30H55NO2. The molecule has 0 amide bonds. The Morgan fingerprint density at radius 2 is 1.85 bits per heavy atom. The van der Waals surface area contributed by atoms with E-state index in [-0.39, 0.29) is 6.10 Å². The van der Waals surface area contributed by atoms with Crippen molar-refractivity contribution in [3.8, 4) is 0 Å². The van der Waals surface area contributed by atoms with Gasteiger partial charge in [-0.25, -0.2) is 0 Å². The van der Waals surface area contributed by atoms with Crippen molar-refractivity contribution in [2.24, 2.45) is 52.8 Å². The second-order valence-electron chi connectivity index (χ2n) is 13.1. The average molecular weight is 462 g/mol. The summed E-state index contributed by atoms with van der Waals surface area (Å²) in [6.45, 7) is 11.8. The van der Waals surface area contributed by atoms with Gasteiger partial charge in [0.2, 0.25) is 0 Å². The number of hydrogen-bond acceptors (Lipinski definition) is 3. The van der Waals surface area contributed by atoms with Crippen molar-refractivity contribution in [1.82, 2.24) is 5.32 Å². The molecule has 3 nitrogen and oxygen atoms in total. The number of ether oxygens (including phenoxy) is 1. The van der Waals surface area contributed by atoms with E-state index in [1.54, 1.807) is 0 Å². The maximum atomic E-state index is 11.2. The van der Waals surface area contributed by atoms with Crippen LogP contribution in [0.15, 0.2) is 0 Å². The van der Waals surface area contributed by atoms with Crippen LogP contribution in [-0.2, 0) is 4.74 Å². The van der Waals surface area contributed by atoms with E-state index >= 15 is 0 Å². The second kappa shape index (κ2) is 11.3. The van der Waals surface area contributed by atoms with Crippen LogP contribution in [0.5, 0.6) is 0 Å². The summed E-state index contributed by atoms with van der Waals surface area (Å²) in [5, 5.41) is 15.3. The topological polar surface area (TPSA) is 41.5 Å². The molecule has 1 spiro atoms. The Bertz CT molecular complexity index is 610. The van der Waals surface area contributed by atoms with Crippen LogP contribution in [-0.4, -0.2) is 37.5 Å². The molecule has 1 saturated heterocycles. The number of aliphatic hydroxyl groups is 1. The summed E-state index contributed by atoms with van der Waals surface area (Å²) in [6, 6.07) is 0.705. The molecule has 3 heteroatoms. The van der Waals surface area contributed by atoms with Crippen molar-refractivity contribution >= 4 is 0 Å². The predicted molar refractivity (Wildman–Crippen MR) is 138 cm³/mol. The Morgan fingerprint density at radius 3 is 2.58 bits per heavy atom. The number of hydrogen-bond donors (Lipinski definition) is 2.